The fourth-order valence-corrected chi connectivity index (χ4v) is 1.95. The van der Waals surface area contributed by atoms with Crippen molar-refractivity contribution in [1.29, 1.82) is 0 Å². The van der Waals surface area contributed by atoms with E-state index in [1.54, 1.807) is 6.92 Å². The summed E-state index contributed by atoms with van der Waals surface area (Å²) in [6, 6.07) is -0.465. The normalized spacial score (nSPS) is 31.9. The second-order valence-corrected chi connectivity index (χ2v) is 3.77. The number of rotatable bonds is 3. The van der Waals surface area contributed by atoms with Crippen molar-refractivity contribution in [2.75, 3.05) is 13.2 Å². The summed E-state index contributed by atoms with van der Waals surface area (Å²) in [6.07, 6.45) is 0.975. The number of carbonyl (C=O) groups is 1. The largest absolute Gasteiger partial charge is 0.480 e. The number of aliphatic carboxylic acids is 1. The maximum atomic E-state index is 10.7. The Kier molecular flexibility index (Phi) is 3.27. The Hall–Kier alpha value is -0.610. The average Bonchev–Trinajstić information content (AvgIpc) is 2.45. The highest BCUT2D eigenvalue weighted by atomic mass is 16.4. The van der Waals surface area contributed by atoms with Crippen molar-refractivity contribution in [2.24, 2.45) is 5.92 Å². The quantitative estimate of drug-likeness (QED) is 0.661. The lowest BCUT2D eigenvalue weighted by Gasteiger charge is -2.28. The number of carboxylic acids is 1. The van der Waals surface area contributed by atoms with Crippen LogP contribution in [-0.2, 0) is 4.79 Å². The van der Waals surface area contributed by atoms with Crippen molar-refractivity contribution < 1.29 is 15.0 Å². The Morgan fingerprint density at radius 3 is 2.77 bits per heavy atom. The highest BCUT2D eigenvalue weighted by Gasteiger charge is 2.35. The fraction of sp³-hybridized carbons (Fsp3) is 0.889. The van der Waals surface area contributed by atoms with Gasteiger partial charge in [0.05, 0.1) is 6.61 Å². The van der Waals surface area contributed by atoms with Crippen molar-refractivity contribution in [1.82, 2.24) is 4.90 Å². The van der Waals surface area contributed by atoms with Gasteiger partial charge in [-0.3, -0.25) is 9.69 Å². The molecule has 0 amide bonds. The number of hydrogen-bond donors (Lipinski definition) is 2. The Morgan fingerprint density at radius 1 is 1.69 bits per heavy atom. The third kappa shape index (κ3) is 2.00. The molecule has 2 N–H and O–H groups in total. The van der Waals surface area contributed by atoms with Crippen molar-refractivity contribution in [2.45, 2.75) is 32.4 Å². The van der Waals surface area contributed by atoms with E-state index in [4.69, 9.17) is 10.2 Å². The van der Waals surface area contributed by atoms with E-state index in [1.807, 2.05) is 4.90 Å². The van der Waals surface area contributed by atoms with Gasteiger partial charge < -0.3 is 10.2 Å². The van der Waals surface area contributed by atoms with Crippen molar-refractivity contribution in [3.05, 3.63) is 0 Å². The summed E-state index contributed by atoms with van der Waals surface area (Å²) < 4.78 is 0. The molecule has 0 aromatic rings. The lowest BCUT2D eigenvalue weighted by molar-refractivity contribution is -0.143. The lowest BCUT2D eigenvalue weighted by atomic mass is 10.0. The van der Waals surface area contributed by atoms with Crippen LogP contribution in [0.5, 0.6) is 0 Å². The molecular formula is C9H17NO3. The Morgan fingerprint density at radius 2 is 2.31 bits per heavy atom. The molecule has 13 heavy (non-hydrogen) atoms. The van der Waals surface area contributed by atoms with Crippen molar-refractivity contribution >= 4 is 5.97 Å². The summed E-state index contributed by atoms with van der Waals surface area (Å²) in [5.41, 5.74) is 0. The van der Waals surface area contributed by atoms with Crippen LogP contribution in [0.4, 0.5) is 0 Å². The maximum Gasteiger partial charge on any atom is 0.320 e. The van der Waals surface area contributed by atoms with Gasteiger partial charge in [-0.05, 0) is 25.8 Å². The summed E-state index contributed by atoms with van der Waals surface area (Å²) in [7, 11) is 0. The van der Waals surface area contributed by atoms with Gasteiger partial charge in [0.15, 0.2) is 0 Å². The van der Waals surface area contributed by atoms with E-state index in [2.05, 4.69) is 6.92 Å². The van der Waals surface area contributed by atoms with Crippen LogP contribution in [0, 0.1) is 5.92 Å². The van der Waals surface area contributed by atoms with E-state index < -0.39 is 12.0 Å². The number of aliphatic hydroxyl groups is 1. The first-order valence-corrected chi connectivity index (χ1v) is 4.67. The van der Waals surface area contributed by atoms with E-state index in [-0.39, 0.29) is 12.6 Å². The fourth-order valence-electron chi connectivity index (χ4n) is 1.95. The van der Waals surface area contributed by atoms with Crippen LogP contribution < -0.4 is 0 Å². The molecule has 1 rings (SSSR count). The van der Waals surface area contributed by atoms with Gasteiger partial charge in [-0.25, -0.2) is 0 Å². The van der Waals surface area contributed by atoms with Gasteiger partial charge >= 0.3 is 5.97 Å². The molecule has 0 aromatic carbocycles. The molecule has 1 fully saturated rings. The molecule has 4 heteroatoms. The van der Waals surface area contributed by atoms with Gasteiger partial charge in [0.1, 0.15) is 6.04 Å². The molecule has 1 aliphatic rings. The average molecular weight is 187 g/mol. The minimum atomic E-state index is -0.812. The van der Waals surface area contributed by atoms with Crippen LogP contribution in [0.15, 0.2) is 0 Å². The zero-order chi connectivity index (χ0) is 10.0. The summed E-state index contributed by atoms with van der Waals surface area (Å²) in [6.45, 7) is 4.55. The molecule has 0 bridgehead atoms. The van der Waals surface area contributed by atoms with Crippen molar-refractivity contribution in [3.63, 3.8) is 0 Å². The second-order valence-electron chi connectivity index (χ2n) is 3.77. The second kappa shape index (κ2) is 4.07. The molecule has 1 saturated heterocycles. The summed E-state index contributed by atoms with van der Waals surface area (Å²) >= 11 is 0. The smallest absolute Gasteiger partial charge is 0.320 e. The summed E-state index contributed by atoms with van der Waals surface area (Å²) in [4.78, 5) is 12.6. The van der Waals surface area contributed by atoms with Crippen LogP contribution in [0.2, 0.25) is 0 Å². The highest BCUT2D eigenvalue weighted by Crippen LogP contribution is 2.25. The van der Waals surface area contributed by atoms with E-state index in [1.165, 1.54) is 0 Å². The SMILES string of the molecule is CC1CCN(C(C)C(=O)O)C1CO. The molecule has 0 aliphatic carbocycles. The maximum absolute atomic E-state index is 10.7. The highest BCUT2D eigenvalue weighted by molar-refractivity contribution is 5.73. The predicted molar refractivity (Wildman–Crippen MR) is 48.5 cm³/mol. The molecule has 0 aromatic heterocycles. The Balaban J connectivity index is 2.64. The van der Waals surface area contributed by atoms with E-state index >= 15 is 0 Å². The van der Waals surface area contributed by atoms with E-state index in [0.717, 1.165) is 13.0 Å². The molecule has 0 spiro atoms. The molecule has 1 aliphatic heterocycles. The first kappa shape index (κ1) is 10.5. The predicted octanol–water partition coefficient (Wildman–Crippen LogP) is 0.162. The van der Waals surface area contributed by atoms with Crippen LogP contribution >= 0.6 is 0 Å². The molecule has 1 heterocycles. The minimum Gasteiger partial charge on any atom is -0.480 e. The van der Waals surface area contributed by atoms with Gasteiger partial charge in [-0.1, -0.05) is 6.92 Å². The first-order valence-electron chi connectivity index (χ1n) is 4.67. The van der Waals surface area contributed by atoms with Crippen LogP contribution in [0.25, 0.3) is 0 Å². The number of nitrogens with zero attached hydrogens (tertiary/aromatic N) is 1. The van der Waals surface area contributed by atoms with Crippen LogP contribution in [0.3, 0.4) is 0 Å². The molecule has 3 atom stereocenters. The van der Waals surface area contributed by atoms with E-state index in [0.29, 0.717) is 5.92 Å². The molecule has 0 radical (unpaired) electrons. The van der Waals surface area contributed by atoms with Crippen molar-refractivity contribution in [3.8, 4) is 0 Å². The molecule has 3 unspecified atom stereocenters. The number of aliphatic hydroxyl groups excluding tert-OH is 1. The number of hydrogen-bond acceptors (Lipinski definition) is 3. The van der Waals surface area contributed by atoms with Crippen LogP contribution in [-0.4, -0.2) is 46.3 Å². The minimum absolute atomic E-state index is 0.0195. The Labute approximate surface area is 78.2 Å². The Bertz CT molecular complexity index is 195. The zero-order valence-corrected chi connectivity index (χ0v) is 8.10. The van der Waals surface area contributed by atoms with Gasteiger partial charge in [0.25, 0.3) is 0 Å². The van der Waals surface area contributed by atoms with Crippen LogP contribution in [0.1, 0.15) is 20.3 Å². The monoisotopic (exact) mass is 187 g/mol. The molecule has 76 valence electrons. The third-order valence-electron chi connectivity index (χ3n) is 2.97. The standard InChI is InChI=1S/C9H17NO3/c1-6-3-4-10(8(6)5-11)7(2)9(12)13/h6-8,11H,3-5H2,1-2H3,(H,12,13). The van der Waals surface area contributed by atoms with Gasteiger partial charge in [0.2, 0.25) is 0 Å². The summed E-state index contributed by atoms with van der Waals surface area (Å²) in [5.74, 6) is -0.417. The van der Waals surface area contributed by atoms with Gasteiger partial charge in [-0.15, -0.1) is 0 Å². The zero-order valence-electron chi connectivity index (χ0n) is 8.10. The summed E-state index contributed by atoms with van der Waals surface area (Å²) in [5, 5.41) is 17.9. The molecular weight excluding hydrogens is 170 g/mol. The molecule has 0 saturated carbocycles. The third-order valence-corrected chi connectivity index (χ3v) is 2.97. The molecule has 4 nitrogen and oxygen atoms in total. The van der Waals surface area contributed by atoms with Gasteiger partial charge in [0, 0.05) is 6.04 Å². The van der Waals surface area contributed by atoms with Gasteiger partial charge in [-0.2, -0.15) is 0 Å². The van der Waals surface area contributed by atoms with E-state index in [9.17, 15) is 4.79 Å². The lowest BCUT2D eigenvalue weighted by Crippen LogP contribution is -2.45. The first-order chi connectivity index (χ1) is 6.07. The number of carboxylic acid groups (broad SMARTS) is 1. The topological polar surface area (TPSA) is 60.8 Å². The number of likely N-dealkylation sites (tertiary alicyclic amines) is 1.